The van der Waals surface area contributed by atoms with Gasteiger partial charge in [-0.3, -0.25) is 4.79 Å². The summed E-state index contributed by atoms with van der Waals surface area (Å²) < 4.78 is 1.08. The predicted molar refractivity (Wildman–Crippen MR) is 86.4 cm³/mol. The van der Waals surface area contributed by atoms with Gasteiger partial charge >= 0.3 is 0 Å². The summed E-state index contributed by atoms with van der Waals surface area (Å²) in [6, 6.07) is 2.51. The summed E-state index contributed by atoms with van der Waals surface area (Å²) in [4.78, 5) is 15.8. The number of amides is 1. The van der Waals surface area contributed by atoms with Gasteiger partial charge in [-0.1, -0.05) is 0 Å². The van der Waals surface area contributed by atoms with E-state index in [4.69, 9.17) is 0 Å². The van der Waals surface area contributed by atoms with Gasteiger partial charge in [0.2, 0.25) is 0 Å². The minimum atomic E-state index is 0.233. The highest BCUT2D eigenvalue weighted by molar-refractivity contribution is 9.11. The van der Waals surface area contributed by atoms with Crippen LogP contribution in [0.1, 0.15) is 40.9 Å². The summed E-state index contributed by atoms with van der Waals surface area (Å²) in [7, 11) is 0. The fraction of sp³-hybridized carbons (Fsp3) is 0.667. The van der Waals surface area contributed by atoms with Gasteiger partial charge in [0.05, 0.1) is 8.66 Å². The molecule has 20 heavy (non-hydrogen) atoms. The monoisotopic (exact) mass is 356 g/mol. The van der Waals surface area contributed by atoms with Crippen LogP contribution in [0.25, 0.3) is 0 Å². The lowest BCUT2D eigenvalue weighted by molar-refractivity contribution is 0.0709. The summed E-state index contributed by atoms with van der Waals surface area (Å²) >= 11 is 5.09. The smallest absolute Gasteiger partial charge is 0.264 e. The number of rotatable bonds is 4. The van der Waals surface area contributed by atoms with Crippen LogP contribution in [0.2, 0.25) is 0 Å². The highest BCUT2D eigenvalue weighted by Crippen LogP contribution is 2.33. The second kappa shape index (κ2) is 6.16. The zero-order chi connectivity index (χ0) is 14.1. The Morgan fingerprint density at radius 1 is 1.50 bits per heavy atom. The molecule has 3 nitrogen and oxygen atoms in total. The second-order valence-electron chi connectivity index (χ2n) is 5.97. The van der Waals surface area contributed by atoms with Crippen LogP contribution in [0.15, 0.2) is 9.85 Å². The highest BCUT2D eigenvalue weighted by atomic mass is 79.9. The lowest BCUT2D eigenvalue weighted by atomic mass is 9.99. The van der Waals surface area contributed by atoms with Crippen LogP contribution in [0.3, 0.4) is 0 Å². The van der Waals surface area contributed by atoms with Gasteiger partial charge < -0.3 is 10.2 Å². The summed E-state index contributed by atoms with van der Waals surface area (Å²) in [5.41, 5.74) is 1.16. The van der Waals surface area contributed by atoms with Gasteiger partial charge in [-0.05, 0) is 79.2 Å². The minimum absolute atomic E-state index is 0.233. The van der Waals surface area contributed by atoms with E-state index in [9.17, 15) is 4.79 Å². The van der Waals surface area contributed by atoms with E-state index < -0.39 is 0 Å². The zero-order valence-electron chi connectivity index (χ0n) is 11.8. The number of nitrogens with one attached hydrogen (secondary N) is 1. The van der Waals surface area contributed by atoms with Crippen LogP contribution in [-0.2, 0) is 0 Å². The van der Waals surface area contributed by atoms with E-state index >= 15 is 0 Å². The average molecular weight is 357 g/mol. The molecule has 2 aliphatic rings. The van der Waals surface area contributed by atoms with E-state index in [0.717, 1.165) is 33.9 Å². The molecule has 110 valence electrons. The lowest BCUT2D eigenvalue weighted by Gasteiger charge is -2.30. The lowest BCUT2D eigenvalue weighted by Crippen LogP contribution is -2.42. The molecule has 5 heteroatoms. The standard InChI is InChI=1S/C15H21BrN2OS/c1-10-7-13(20-14(10)16)15(19)18(12-4-5-12)9-11-3-2-6-17-8-11/h7,11-12,17H,2-6,8-9H2,1H3. The van der Waals surface area contributed by atoms with Crippen molar-refractivity contribution in [2.75, 3.05) is 19.6 Å². The zero-order valence-corrected chi connectivity index (χ0v) is 14.2. The third-order valence-corrected chi connectivity index (χ3v) is 6.29. The molecule has 1 unspecified atom stereocenters. The van der Waals surface area contributed by atoms with Crippen molar-refractivity contribution in [1.29, 1.82) is 0 Å². The van der Waals surface area contributed by atoms with Gasteiger partial charge in [-0.2, -0.15) is 0 Å². The maximum Gasteiger partial charge on any atom is 0.264 e. The molecule has 2 heterocycles. The normalized spacial score (nSPS) is 22.8. The average Bonchev–Trinajstić information content (AvgIpc) is 3.23. The molecule has 1 saturated heterocycles. The first-order chi connectivity index (χ1) is 9.65. The van der Waals surface area contributed by atoms with E-state index in [1.165, 1.54) is 25.7 Å². The SMILES string of the molecule is Cc1cc(C(=O)N(CC2CCCNC2)C2CC2)sc1Br. The maximum atomic E-state index is 12.8. The summed E-state index contributed by atoms with van der Waals surface area (Å²) in [6.07, 6.45) is 4.84. The van der Waals surface area contributed by atoms with Gasteiger partial charge in [-0.25, -0.2) is 0 Å². The molecule has 2 fully saturated rings. The van der Waals surface area contributed by atoms with E-state index in [-0.39, 0.29) is 5.91 Å². The van der Waals surface area contributed by atoms with Crippen LogP contribution in [0, 0.1) is 12.8 Å². The number of halogens is 1. The molecule has 0 spiro atoms. The molecular formula is C15H21BrN2OS. The van der Waals surface area contributed by atoms with Crippen molar-refractivity contribution in [2.24, 2.45) is 5.92 Å². The van der Waals surface area contributed by atoms with E-state index in [1.54, 1.807) is 11.3 Å². The van der Waals surface area contributed by atoms with Crippen LogP contribution in [0.5, 0.6) is 0 Å². The molecule has 3 rings (SSSR count). The molecular weight excluding hydrogens is 336 g/mol. The van der Waals surface area contributed by atoms with Gasteiger partial charge in [-0.15, -0.1) is 11.3 Å². The van der Waals surface area contributed by atoms with Crippen molar-refractivity contribution < 1.29 is 4.79 Å². The number of aryl methyl sites for hydroxylation is 1. The molecule has 1 aromatic heterocycles. The third kappa shape index (κ3) is 3.26. The Bertz CT molecular complexity index is 473. The largest absolute Gasteiger partial charge is 0.335 e. The quantitative estimate of drug-likeness (QED) is 0.896. The fourth-order valence-electron chi connectivity index (χ4n) is 2.85. The number of hydrogen-bond donors (Lipinski definition) is 1. The Morgan fingerprint density at radius 3 is 2.85 bits per heavy atom. The van der Waals surface area contributed by atoms with Crippen molar-refractivity contribution in [1.82, 2.24) is 10.2 Å². The van der Waals surface area contributed by atoms with Crippen molar-refractivity contribution in [3.8, 4) is 0 Å². The molecule has 1 amide bonds. The van der Waals surface area contributed by atoms with Crippen molar-refractivity contribution >= 4 is 33.2 Å². The van der Waals surface area contributed by atoms with Crippen LogP contribution in [-0.4, -0.2) is 36.5 Å². The van der Waals surface area contributed by atoms with Gasteiger partial charge in [0.1, 0.15) is 0 Å². The first kappa shape index (κ1) is 14.5. The summed E-state index contributed by atoms with van der Waals surface area (Å²) in [6.45, 7) is 5.16. The summed E-state index contributed by atoms with van der Waals surface area (Å²) in [5, 5.41) is 3.45. The first-order valence-corrected chi connectivity index (χ1v) is 9.03. The predicted octanol–water partition coefficient (Wildman–Crippen LogP) is 3.42. The van der Waals surface area contributed by atoms with Gasteiger partial charge in [0, 0.05) is 12.6 Å². The van der Waals surface area contributed by atoms with Crippen molar-refractivity contribution in [2.45, 2.75) is 38.6 Å². The third-order valence-electron chi connectivity index (χ3n) is 4.17. The Balaban J connectivity index is 1.71. The van der Waals surface area contributed by atoms with Gasteiger partial charge in [0.15, 0.2) is 0 Å². The molecule has 1 atom stereocenters. The Labute approximate surface area is 132 Å². The number of carbonyl (C=O) groups is 1. The van der Waals surface area contributed by atoms with E-state index in [0.29, 0.717) is 12.0 Å². The number of nitrogens with zero attached hydrogens (tertiary/aromatic N) is 1. The minimum Gasteiger partial charge on any atom is -0.335 e. The second-order valence-corrected chi connectivity index (χ2v) is 8.34. The Hall–Kier alpha value is -0.390. The van der Waals surface area contributed by atoms with Crippen LogP contribution in [0.4, 0.5) is 0 Å². The Kier molecular flexibility index (Phi) is 4.48. The molecule has 0 bridgehead atoms. The first-order valence-electron chi connectivity index (χ1n) is 7.43. The van der Waals surface area contributed by atoms with Crippen molar-refractivity contribution in [3.05, 3.63) is 20.3 Å². The number of hydrogen-bond acceptors (Lipinski definition) is 3. The number of thiophene rings is 1. The molecule has 1 aliphatic carbocycles. The molecule has 1 aromatic rings. The summed E-state index contributed by atoms with van der Waals surface area (Å²) in [5.74, 6) is 0.856. The van der Waals surface area contributed by atoms with Gasteiger partial charge in [0.25, 0.3) is 5.91 Å². The topological polar surface area (TPSA) is 32.3 Å². The van der Waals surface area contributed by atoms with Crippen LogP contribution < -0.4 is 5.32 Å². The molecule has 0 radical (unpaired) electrons. The number of carbonyl (C=O) groups excluding carboxylic acids is 1. The van der Waals surface area contributed by atoms with Crippen LogP contribution >= 0.6 is 27.3 Å². The number of piperidine rings is 1. The Morgan fingerprint density at radius 2 is 2.30 bits per heavy atom. The molecule has 1 N–H and O–H groups in total. The fourth-order valence-corrected chi connectivity index (χ4v) is 4.34. The maximum absolute atomic E-state index is 12.8. The molecule has 1 aliphatic heterocycles. The highest BCUT2D eigenvalue weighted by Gasteiger charge is 2.35. The van der Waals surface area contributed by atoms with E-state index in [1.807, 2.05) is 13.0 Å². The van der Waals surface area contributed by atoms with E-state index in [2.05, 4.69) is 26.1 Å². The molecule has 1 saturated carbocycles. The molecule has 0 aromatic carbocycles. The van der Waals surface area contributed by atoms with Crippen molar-refractivity contribution in [3.63, 3.8) is 0 Å².